The largest absolute Gasteiger partial charge is 0.469 e. The lowest BCUT2D eigenvalue weighted by Crippen LogP contribution is -2.27. The van der Waals surface area contributed by atoms with E-state index in [0.29, 0.717) is 13.0 Å². The summed E-state index contributed by atoms with van der Waals surface area (Å²) in [5, 5.41) is 2.72. The molecule has 0 bridgehead atoms. The third-order valence-corrected chi connectivity index (χ3v) is 4.48. The number of carbonyl (C=O) groups excluding carboxylic acids is 1. The molecule has 0 fully saturated rings. The van der Waals surface area contributed by atoms with Gasteiger partial charge in [-0.3, -0.25) is 10.1 Å². The molecular weight excluding hydrogens is 305 g/mol. The average molecular weight is 346 g/mol. The highest BCUT2D eigenvalue weighted by atomic mass is 19.1. The summed E-state index contributed by atoms with van der Waals surface area (Å²) in [6.07, 6.45) is 16.7. The highest BCUT2D eigenvalue weighted by Gasteiger charge is 2.06. The first-order valence-electron chi connectivity index (χ1n) is 10.1. The molecule has 144 valence electrons. The van der Waals surface area contributed by atoms with Gasteiger partial charge < -0.3 is 4.74 Å². The van der Waals surface area contributed by atoms with Gasteiger partial charge in [-0.1, -0.05) is 84.0 Å². The van der Waals surface area contributed by atoms with E-state index in [1.54, 1.807) is 0 Å². The molecule has 0 aromatic rings. The molecule has 0 aromatic heterocycles. The maximum absolute atomic E-state index is 13.5. The molecule has 0 aliphatic carbocycles. The fraction of sp³-hybridized carbons (Fsp3) is 0.950. The minimum atomic E-state index is -0.998. The molecule has 1 atom stereocenters. The number of ether oxygens (including phenoxy) is 1. The van der Waals surface area contributed by atoms with Crippen molar-refractivity contribution in [1.29, 1.82) is 0 Å². The maximum Gasteiger partial charge on any atom is 0.306 e. The normalized spacial score (nSPS) is 12.3. The molecule has 0 rings (SSSR count). The summed E-state index contributed by atoms with van der Waals surface area (Å²) in [5.41, 5.74) is 0. The molecule has 3 nitrogen and oxygen atoms in total. The first kappa shape index (κ1) is 23.4. The SMILES string of the molecule is CCCCCCCCCCCCCCCC(F)NCCC(=O)OC. The quantitative estimate of drug-likeness (QED) is 0.190. The van der Waals surface area contributed by atoms with Gasteiger partial charge in [-0.05, 0) is 12.8 Å². The average Bonchev–Trinajstić information content (AvgIpc) is 2.58. The Hall–Kier alpha value is -0.640. The number of rotatable bonds is 18. The van der Waals surface area contributed by atoms with Crippen LogP contribution in [0.25, 0.3) is 0 Å². The third-order valence-electron chi connectivity index (χ3n) is 4.48. The summed E-state index contributed by atoms with van der Waals surface area (Å²) >= 11 is 0. The van der Waals surface area contributed by atoms with Gasteiger partial charge >= 0.3 is 5.97 Å². The summed E-state index contributed by atoms with van der Waals surface area (Å²) in [7, 11) is 1.35. The third kappa shape index (κ3) is 17.7. The molecule has 4 heteroatoms. The molecule has 0 spiro atoms. The van der Waals surface area contributed by atoms with Crippen LogP contribution in [0.1, 0.15) is 103 Å². The maximum atomic E-state index is 13.5. The van der Waals surface area contributed by atoms with Crippen LogP contribution in [0.5, 0.6) is 0 Å². The fourth-order valence-corrected chi connectivity index (χ4v) is 2.88. The Morgan fingerprint density at radius 1 is 0.875 bits per heavy atom. The van der Waals surface area contributed by atoms with Gasteiger partial charge in [0.1, 0.15) is 0 Å². The molecule has 1 unspecified atom stereocenters. The van der Waals surface area contributed by atoms with Crippen molar-refractivity contribution < 1.29 is 13.9 Å². The van der Waals surface area contributed by atoms with Crippen molar-refractivity contribution in [3.63, 3.8) is 0 Å². The summed E-state index contributed by atoms with van der Waals surface area (Å²) in [4.78, 5) is 10.9. The van der Waals surface area contributed by atoms with E-state index in [1.165, 1.54) is 77.7 Å². The molecule has 0 aromatic carbocycles. The highest BCUT2D eigenvalue weighted by Crippen LogP contribution is 2.13. The standard InChI is InChI=1S/C20H40FNO2/c1-3-4-5-6-7-8-9-10-11-12-13-14-15-16-19(21)22-18-17-20(23)24-2/h19,22H,3-18H2,1-2H3. The van der Waals surface area contributed by atoms with Crippen LogP contribution < -0.4 is 5.32 Å². The van der Waals surface area contributed by atoms with Gasteiger partial charge in [0.2, 0.25) is 0 Å². The van der Waals surface area contributed by atoms with Crippen LogP contribution in [0.4, 0.5) is 4.39 Å². The summed E-state index contributed by atoms with van der Waals surface area (Å²) in [6.45, 7) is 2.61. The summed E-state index contributed by atoms with van der Waals surface area (Å²) < 4.78 is 18.0. The van der Waals surface area contributed by atoms with Crippen molar-refractivity contribution in [2.24, 2.45) is 0 Å². The van der Waals surface area contributed by atoms with Crippen LogP contribution in [0.3, 0.4) is 0 Å². The van der Waals surface area contributed by atoms with Gasteiger partial charge in [0.25, 0.3) is 0 Å². The predicted octanol–water partition coefficient (Wildman–Crippen LogP) is 5.92. The van der Waals surface area contributed by atoms with E-state index in [4.69, 9.17) is 0 Å². The van der Waals surface area contributed by atoms with Gasteiger partial charge in [0.15, 0.2) is 6.30 Å². The zero-order valence-corrected chi connectivity index (χ0v) is 16.1. The first-order chi connectivity index (χ1) is 11.7. The second kappa shape index (κ2) is 18.7. The van der Waals surface area contributed by atoms with Crippen LogP contribution in [0.15, 0.2) is 0 Å². The predicted molar refractivity (Wildman–Crippen MR) is 99.8 cm³/mol. The summed E-state index contributed by atoms with van der Waals surface area (Å²) in [5.74, 6) is -0.296. The van der Waals surface area contributed by atoms with Gasteiger partial charge in [-0.2, -0.15) is 0 Å². The van der Waals surface area contributed by atoms with E-state index < -0.39 is 6.30 Å². The van der Waals surface area contributed by atoms with Crippen LogP contribution in [0.2, 0.25) is 0 Å². The second-order valence-corrected chi connectivity index (χ2v) is 6.78. The number of alkyl halides is 1. The van der Waals surface area contributed by atoms with Gasteiger partial charge in [-0.15, -0.1) is 0 Å². The molecule has 24 heavy (non-hydrogen) atoms. The molecule has 0 aliphatic rings. The first-order valence-corrected chi connectivity index (χ1v) is 10.1. The van der Waals surface area contributed by atoms with Crippen molar-refractivity contribution in [1.82, 2.24) is 5.32 Å². The van der Waals surface area contributed by atoms with E-state index in [-0.39, 0.29) is 12.4 Å². The highest BCUT2D eigenvalue weighted by molar-refractivity contribution is 5.69. The zero-order valence-electron chi connectivity index (χ0n) is 16.1. The van der Waals surface area contributed by atoms with Gasteiger partial charge in [0.05, 0.1) is 13.5 Å². The Morgan fingerprint density at radius 3 is 1.79 bits per heavy atom. The van der Waals surface area contributed by atoms with Crippen molar-refractivity contribution >= 4 is 5.97 Å². The molecular formula is C20H40FNO2. The topological polar surface area (TPSA) is 38.3 Å². The minimum Gasteiger partial charge on any atom is -0.469 e. The number of methoxy groups -OCH3 is 1. The lowest BCUT2D eigenvalue weighted by atomic mass is 10.0. The van der Waals surface area contributed by atoms with Crippen LogP contribution in [-0.4, -0.2) is 25.9 Å². The van der Waals surface area contributed by atoms with Crippen molar-refractivity contribution in [3.8, 4) is 0 Å². The van der Waals surface area contributed by atoms with E-state index in [9.17, 15) is 9.18 Å². The van der Waals surface area contributed by atoms with Crippen LogP contribution in [-0.2, 0) is 9.53 Å². The Labute approximate surface area is 149 Å². The molecule has 0 radical (unpaired) electrons. The van der Waals surface area contributed by atoms with E-state index in [1.807, 2.05) is 0 Å². The monoisotopic (exact) mass is 345 g/mol. The molecule has 0 saturated carbocycles. The summed E-state index contributed by atoms with van der Waals surface area (Å²) in [6, 6.07) is 0. The van der Waals surface area contributed by atoms with Crippen molar-refractivity contribution in [2.75, 3.05) is 13.7 Å². The lowest BCUT2D eigenvalue weighted by molar-refractivity contribution is -0.140. The number of nitrogens with one attached hydrogen (secondary N) is 1. The van der Waals surface area contributed by atoms with Gasteiger partial charge in [0, 0.05) is 6.54 Å². The van der Waals surface area contributed by atoms with Crippen LogP contribution in [0, 0.1) is 0 Å². The molecule has 0 amide bonds. The van der Waals surface area contributed by atoms with Crippen molar-refractivity contribution in [2.45, 2.75) is 110 Å². The Kier molecular flexibility index (Phi) is 18.2. The zero-order chi connectivity index (χ0) is 17.9. The number of halogens is 1. The Bertz CT molecular complexity index is 274. The minimum absolute atomic E-state index is 0.232. The Morgan fingerprint density at radius 2 is 1.33 bits per heavy atom. The molecule has 0 aliphatic heterocycles. The second-order valence-electron chi connectivity index (χ2n) is 6.78. The van der Waals surface area contributed by atoms with E-state index in [2.05, 4.69) is 17.0 Å². The number of carbonyl (C=O) groups is 1. The van der Waals surface area contributed by atoms with E-state index in [0.717, 1.165) is 12.8 Å². The fourth-order valence-electron chi connectivity index (χ4n) is 2.88. The number of hydrogen-bond acceptors (Lipinski definition) is 3. The van der Waals surface area contributed by atoms with Gasteiger partial charge in [-0.25, -0.2) is 4.39 Å². The number of unbranched alkanes of at least 4 members (excludes halogenated alkanes) is 12. The number of hydrogen-bond donors (Lipinski definition) is 1. The lowest BCUT2D eigenvalue weighted by Gasteiger charge is -2.09. The van der Waals surface area contributed by atoms with Crippen molar-refractivity contribution in [3.05, 3.63) is 0 Å². The van der Waals surface area contributed by atoms with E-state index >= 15 is 0 Å². The number of esters is 1. The molecule has 1 N–H and O–H groups in total. The van der Waals surface area contributed by atoms with Crippen LogP contribution >= 0.6 is 0 Å². The Balaban J connectivity index is 3.15. The smallest absolute Gasteiger partial charge is 0.306 e. The molecule has 0 saturated heterocycles. The molecule has 0 heterocycles.